The van der Waals surface area contributed by atoms with E-state index in [4.69, 9.17) is 10.5 Å². The van der Waals surface area contributed by atoms with Gasteiger partial charge in [0.05, 0.1) is 18.1 Å². The highest BCUT2D eigenvalue weighted by atomic mass is 16.5. The van der Waals surface area contributed by atoms with Crippen LogP contribution in [0.3, 0.4) is 0 Å². The van der Waals surface area contributed by atoms with Gasteiger partial charge in [-0.05, 0) is 18.6 Å². The molecule has 0 saturated heterocycles. The van der Waals surface area contributed by atoms with E-state index in [9.17, 15) is 0 Å². The summed E-state index contributed by atoms with van der Waals surface area (Å²) in [5.74, 6) is 1.98. The lowest BCUT2D eigenvalue weighted by atomic mass is 10.1. The fraction of sp³-hybridized carbons (Fsp3) is 0.417. The van der Waals surface area contributed by atoms with E-state index < -0.39 is 0 Å². The highest BCUT2D eigenvalue weighted by Crippen LogP contribution is 2.25. The Hall–Kier alpha value is -1.55. The first-order valence-electron chi connectivity index (χ1n) is 5.56. The molecule has 0 saturated carbocycles. The fourth-order valence-corrected chi connectivity index (χ4v) is 2.32. The topological polar surface area (TPSA) is 53.1 Å². The summed E-state index contributed by atoms with van der Waals surface area (Å²) in [4.78, 5) is 4.61. The van der Waals surface area contributed by atoms with Crippen LogP contribution in [0.4, 0.5) is 0 Å². The van der Waals surface area contributed by atoms with Gasteiger partial charge in [-0.2, -0.15) is 0 Å². The SMILES string of the molecule is COc1ccc2nc3n(c2c1)CCC(N)C3. The highest BCUT2D eigenvalue weighted by Gasteiger charge is 2.19. The van der Waals surface area contributed by atoms with Crippen molar-refractivity contribution in [2.24, 2.45) is 5.73 Å². The summed E-state index contributed by atoms with van der Waals surface area (Å²) in [5, 5.41) is 0. The zero-order chi connectivity index (χ0) is 11.1. The molecule has 4 heteroatoms. The third-order valence-electron chi connectivity index (χ3n) is 3.20. The molecule has 1 aromatic heterocycles. The maximum Gasteiger partial charge on any atom is 0.121 e. The van der Waals surface area contributed by atoms with Crippen molar-refractivity contribution >= 4 is 11.0 Å². The Labute approximate surface area is 94.0 Å². The summed E-state index contributed by atoms with van der Waals surface area (Å²) in [6.45, 7) is 0.958. The number of methoxy groups -OCH3 is 1. The van der Waals surface area contributed by atoms with Crippen molar-refractivity contribution in [3.8, 4) is 5.75 Å². The van der Waals surface area contributed by atoms with Crippen LogP contribution in [0.2, 0.25) is 0 Å². The first-order chi connectivity index (χ1) is 7.78. The van der Waals surface area contributed by atoms with Gasteiger partial charge >= 0.3 is 0 Å². The second kappa shape index (κ2) is 3.49. The first kappa shape index (κ1) is 9.66. The van der Waals surface area contributed by atoms with Gasteiger partial charge in [-0.25, -0.2) is 4.98 Å². The van der Waals surface area contributed by atoms with Crippen LogP contribution < -0.4 is 10.5 Å². The van der Waals surface area contributed by atoms with Crippen LogP contribution in [0, 0.1) is 0 Å². The quantitative estimate of drug-likeness (QED) is 0.783. The molecule has 1 unspecified atom stereocenters. The minimum absolute atomic E-state index is 0.256. The number of benzene rings is 1. The number of imidazole rings is 1. The van der Waals surface area contributed by atoms with E-state index in [1.165, 1.54) is 0 Å². The molecule has 2 heterocycles. The van der Waals surface area contributed by atoms with Crippen molar-refractivity contribution in [2.75, 3.05) is 7.11 Å². The summed E-state index contributed by atoms with van der Waals surface area (Å²) < 4.78 is 7.49. The fourth-order valence-electron chi connectivity index (χ4n) is 2.32. The first-order valence-corrected chi connectivity index (χ1v) is 5.56. The summed E-state index contributed by atoms with van der Waals surface area (Å²) in [6.07, 6.45) is 1.90. The van der Waals surface area contributed by atoms with Crippen molar-refractivity contribution in [1.82, 2.24) is 9.55 Å². The normalized spacial score (nSPS) is 19.8. The van der Waals surface area contributed by atoms with Crippen LogP contribution in [0.25, 0.3) is 11.0 Å². The number of ether oxygens (including phenoxy) is 1. The van der Waals surface area contributed by atoms with Crippen molar-refractivity contribution in [2.45, 2.75) is 25.4 Å². The third-order valence-corrected chi connectivity index (χ3v) is 3.20. The monoisotopic (exact) mass is 217 g/mol. The molecule has 2 aromatic rings. The van der Waals surface area contributed by atoms with Gasteiger partial charge in [0.25, 0.3) is 0 Å². The number of nitrogens with zero attached hydrogens (tertiary/aromatic N) is 2. The maximum absolute atomic E-state index is 5.95. The molecule has 1 aliphatic rings. The molecular formula is C12H15N3O. The highest BCUT2D eigenvalue weighted by molar-refractivity contribution is 5.78. The number of aromatic nitrogens is 2. The molecule has 0 fully saturated rings. The third kappa shape index (κ3) is 1.38. The Morgan fingerprint density at radius 3 is 3.19 bits per heavy atom. The lowest BCUT2D eigenvalue weighted by molar-refractivity contribution is 0.415. The van der Waals surface area contributed by atoms with Crippen LogP contribution in [-0.4, -0.2) is 22.7 Å². The van der Waals surface area contributed by atoms with Gasteiger partial charge in [0.1, 0.15) is 11.6 Å². The molecule has 1 atom stereocenters. The summed E-state index contributed by atoms with van der Waals surface area (Å²) in [6, 6.07) is 6.25. The number of aryl methyl sites for hydroxylation is 1. The molecule has 0 bridgehead atoms. The van der Waals surface area contributed by atoms with E-state index in [-0.39, 0.29) is 6.04 Å². The average molecular weight is 217 g/mol. The molecule has 1 aliphatic heterocycles. The molecule has 1 aromatic carbocycles. The van der Waals surface area contributed by atoms with Gasteiger partial charge in [0.2, 0.25) is 0 Å². The molecular weight excluding hydrogens is 202 g/mol. The summed E-state index contributed by atoms with van der Waals surface area (Å²) in [5.41, 5.74) is 8.14. The van der Waals surface area contributed by atoms with Crippen molar-refractivity contribution < 1.29 is 4.74 Å². The van der Waals surface area contributed by atoms with Crippen LogP contribution in [0.5, 0.6) is 5.75 Å². The molecule has 84 valence electrons. The van der Waals surface area contributed by atoms with Crippen LogP contribution in [-0.2, 0) is 13.0 Å². The molecule has 0 aliphatic carbocycles. The second-order valence-electron chi connectivity index (χ2n) is 4.29. The predicted molar refractivity (Wildman–Crippen MR) is 62.6 cm³/mol. The average Bonchev–Trinajstić information content (AvgIpc) is 2.65. The maximum atomic E-state index is 5.95. The van der Waals surface area contributed by atoms with Gasteiger partial charge in [-0.1, -0.05) is 0 Å². The number of nitrogens with two attached hydrogens (primary N) is 1. The van der Waals surface area contributed by atoms with E-state index in [1.54, 1.807) is 7.11 Å². The van der Waals surface area contributed by atoms with Crippen LogP contribution in [0.15, 0.2) is 18.2 Å². The number of hydrogen-bond acceptors (Lipinski definition) is 3. The molecule has 0 amide bonds. The summed E-state index contributed by atoms with van der Waals surface area (Å²) >= 11 is 0. The van der Waals surface area contributed by atoms with E-state index in [0.29, 0.717) is 0 Å². The minimum Gasteiger partial charge on any atom is -0.497 e. The van der Waals surface area contributed by atoms with Crippen LogP contribution >= 0.6 is 0 Å². The number of rotatable bonds is 1. The number of fused-ring (bicyclic) bond motifs is 3. The van der Waals surface area contributed by atoms with Gasteiger partial charge in [0.15, 0.2) is 0 Å². The van der Waals surface area contributed by atoms with Gasteiger partial charge < -0.3 is 15.0 Å². The lowest BCUT2D eigenvalue weighted by Gasteiger charge is -2.20. The van der Waals surface area contributed by atoms with E-state index >= 15 is 0 Å². The second-order valence-corrected chi connectivity index (χ2v) is 4.29. The molecule has 2 N–H and O–H groups in total. The standard InChI is InChI=1S/C12H15N3O/c1-16-9-2-3-10-11(7-9)15-5-4-8(13)6-12(15)14-10/h2-3,7-8H,4-6,13H2,1H3. The zero-order valence-corrected chi connectivity index (χ0v) is 9.31. The molecule has 4 nitrogen and oxygen atoms in total. The van der Waals surface area contributed by atoms with Gasteiger partial charge in [-0.15, -0.1) is 0 Å². The van der Waals surface area contributed by atoms with Gasteiger partial charge in [0, 0.05) is 25.1 Å². The minimum atomic E-state index is 0.256. The summed E-state index contributed by atoms with van der Waals surface area (Å²) in [7, 11) is 1.69. The Morgan fingerprint density at radius 1 is 1.50 bits per heavy atom. The van der Waals surface area contributed by atoms with Crippen molar-refractivity contribution in [1.29, 1.82) is 0 Å². The molecule has 0 radical (unpaired) electrons. The molecule has 3 rings (SSSR count). The smallest absolute Gasteiger partial charge is 0.121 e. The van der Waals surface area contributed by atoms with E-state index in [2.05, 4.69) is 9.55 Å². The Balaban J connectivity index is 2.18. The Bertz CT molecular complexity index is 532. The van der Waals surface area contributed by atoms with E-state index in [1.807, 2.05) is 18.2 Å². The Morgan fingerprint density at radius 2 is 2.38 bits per heavy atom. The van der Waals surface area contributed by atoms with Crippen LogP contribution in [0.1, 0.15) is 12.2 Å². The molecule has 16 heavy (non-hydrogen) atoms. The zero-order valence-electron chi connectivity index (χ0n) is 9.31. The van der Waals surface area contributed by atoms with Gasteiger partial charge in [-0.3, -0.25) is 0 Å². The largest absolute Gasteiger partial charge is 0.497 e. The number of hydrogen-bond donors (Lipinski definition) is 1. The molecule has 0 spiro atoms. The van der Waals surface area contributed by atoms with E-state index in [0.717, 1.165) is 42.0 Å². The van der Waals surface area contributed by atoms with Crippen molar-refractivity contribution in [3.05, 3.63) is 24.0 Å². The Kier molecular flexibility index (Phi) is 2.11. The predicted octanol–water partition coefficient (Wildman–Crippen LogP) is 1.32. The van der Waals surface area contributed by atoms with Crippen molar-refractivity contribution in [3.63, 3.8) is 0 Å². The lowest BCUT2D eigenvalue weighted by Crippen LogP contribution is -2.30.